The van der Waals surface area contributed by atoms with Crippen molar-refractivity contribution in [2.45, 2.75) is 33.6 Å². The van der Waals surface area contributed by atoms with Crippen LogP contribution in [0, 0.1) is 11.3 Å². The van der Waals surface area contributed by atoms with E-state index in [0.717, 1.165) is 30.4 Å². The molecule has 0 aromatic carbocycles. The van der Waals surface area contributed by atoms with Crippen molar-refractivity contribution >= 4 is 17.3 Å². The lowest BCUT2D eigenvalue weighted by molar-refractivity contribution is 0.380. The first-order chi connectivity index (χ1) is 9.64. The molecule has 108 valence electrons. The predicted molar refractivity (Wildman–Crippen MR) is 82.1 cm³/mol. The van der Waals surface area contributed by atoms with E-state index >= 15 is 0 Å². The van der Waals surface area contributed by atoms with Crippen LogP contribution < -0.4 is 10.6 Å². The molecule has 1 saturated carbocycles. The monoisotopic (exact) mass is 273 g/mol. The third-order valence-corrected chi connectivity index (χ3v) is 4.46. The first-order valence-corrected chi connectivity index (χ1v) is 7.46. The van der Waals surface area contributed by atoms with Crippen LogP contribution in [0.5, 0.6) is 0 Å². The number of anilines is 2. The quantitative estimate of drug-likeness (QED) is 0.849. The van der Waals surface area contributed by atoms with E-state index in [4.69, 9.17) is 0 Å². The topological polar surface area (TPSA) is 54.2 Å². The molecule has 0 atom stereocenters. The Labute approximate surface area is 119 Å². The van der Waals surface area contributed by atoms with Gasteiger partial charge in [-0.05, 0) is 31.1 Å². The molecule has 2 aromatic rings. The smallest absolute Gasteiger partial charge is 0.180 e. The van der Waals surface area contributed by atoms with Gasteiger partial charge in [0.05, 0.1) is 6.20 Å². The second kappa shape index (κ2) is 4.96. The van der Waals surface area contributed by atoms with E-state index in [1.54, 1.807) is 0 Å². The van der Waals surface area contributed by atoms with E-state index in [0.29, 0.717) is 11.3 Å². The Bertz CT molecular complexity index is 597. The van der Waals surface area contributed by atoms with Gasteiger partial charge in [-0.1, -0.05) is 13.8 Å². The summed E-state index contributed by atoms with van der Waals surface area (Å²) in [4.78, 5) is 9.04. The maximum atomic E-state index is 4.65. The van der Waals surface area contributed by atoms with Gasteiger partial charge in [0.1, 0.15) is 5.82 Å². The van der Waals surface area contributed by atoms with Crippen molar-refractivity contribution in [1.82, 2.24) is 14.4 Å². The Balaban J connectivity index is 1.84. The maximum Gasteiger partial charge on any atom is 0.180 e. The molecule has 0 unspecified atom stereocenters. The van der Waals surface area contributed by atoms with Crippen molar-refractivity contribution < 1.29 is 0 Å². The Morgan fingerprint density at radius 2 is 2.15 bits per heavy atom. The van der Waals surface area contributed by atoms with Crippen LogP contribution in [0.25, 0.3) is 5.65 Å². The van der Waals surface area contributed by atoms with Gasteiger partial charge >= 0.3 is 0 Å². The summed E-state index contributed by atoms with van der Waals surface area (Å²) in [5.74, 6) is 2.47. The van der Waals surface area contributed by atoms with Gasteiger partial charge in [-0.2, -0.15) is 0 Å². The predicted octanol–water partition coefficient (Wildman–Crippen LogP) is 3.01. The minimum absolute atomic E-state index is 0.458. The fourth-order valence-corrected chi connectivity index (χ4v) is 2.70. The van der Waals surface area contributed by atoms with Crippen molar-refractivity contribution in [3.63, 3.8) is 0 Å². The zero-order valence-electron chi connectivity index (χ0n) is 12.5. The molecule has 2 aromatic heterocycles. The Hall–Kier alpha value is -1.78. The van der Waals surface area contributed by atoms with Crippen LogP contribution in [-0.2, 0) is 0 Å². The van der Waals surface area contributed by atoms with Gasteiger partial charge in [-0.3, -0.25) is 0 Å². The Morgan fingerprint density at radius 3 is 2.80 bits per heavy atom. The van der Waals surface area contributed by atoms with Crippen LogP contribution in [0.2, 0.25) is 0 Å². The third kappa shape index (κ3) is 2.32. The number of fused-ring (bicyclic) bond motifs is 1. The maximum absolute atomic E-state index is 4.65. The van der Waals surface area contributed by atoms with Crippen LogP contribution in [-0.4, -0.2) is 27.5 Å². The highest BCUT2D eigenvalue weighted by Gasteiger charge is 2.45. The molecule has 0 aliphatic heterocycles. The molecule has 0 bridgehead atoms. The summed E-state index contributed by atoms with van der Waals surface area (Å²) in [5, 5.41) is 6.79. The molecule has 1 aliphatic rings. The van der Waals surface area contributed by atoms with Gasteiger partial charge in [-0.15, -0.1) is 0 Å². The summed E-state index contributed by atoms with van der Waals surface area (Å²) >= 11 is 0. The summed E-state index contributed by atoms with van der Waals surface area (Å²) in [7, 11) is 0. The molecular formula is C15H23N5. The number of nitrogens with one attached hydrogen (secondary N) is 2. The van der Waals surface area contributed by atoms with E-state index < -0.39 is 0 Å². The molecule has 0 spiro atoms. The number of aromatic nitrogens is 3. The number of imidazole rings is 1. The number of hydrogen-bond donors (Lipinski definition) is 2. The summed E-state index contributed by atoms with van der Waals surface area (Å²) in [5.41, 5.74) is 1.35. The van der Waals surface area contributed by atoms with Crippen LogP contribution in [0.4, 0.5) is 11.6 Å². The Morgan fingerprint density at radius 1 is 1.35 bits per heavy atom. The van der Waals surface area contributed by atoms with Crippen molar-refractivity contribution in [3.8, 4) is 0 Å². The molecule has 0 saturated heterocycles. The molecule has 2 heterocycles. The molecule has 1 fully saturated rings. The van der Waals surface area contributed by atoms with Crippen molar-refractivity contribution in [2.24, 2.45) is 11.3 Å². The second-order valence-corrected chi connectivity index (χ2v) is 6.03. The van der Waals surface area contributed by atoms with Gasteiger partial charge in [-0.25, -0.2) is 9.97 Å². The van der Waals surface area contributed by atoms with Gasteiger partial charge in [0.15, 0.2) is 11.5 Å². The van der Waals surface area contributed by atoms with Gasteiger partial charge in [0.2, 0.25) is 0 Å². The van der Waals surface area contributed by atoms with Gasteiger partial charge in [0.25, 0.3) is 0 Å². The molecule has 1 aliphatic carbocycles. The lowest BCUT2D eigenvalue weighted by atomic mass is 9.92. The van der Waals surface area contributed by atoms with Crippen molar-refractivity contribution in [1.29, 1.82) is 0 Å². The molecule has 3 rings (SSSR count). The lowest BCUT2D eigenvalue weighted by Gasteiger charge is -2.20. The SMILES string of the molecule is CCNc1cn2ccnc2c(NCC2(C(C)C)CC2)n1. The first kappa shape index (κ1) is 13.2. The van der Waals surface area contributed by atoms with E-state index in [9.17, 15) is 0 Å². The normalized spacial score (nSPS) is 16.6. The number of nitrogens with zero attached hydrogens (tertiary/aromatic N) is 3. The van der Waals surface area contributed by atoms with Crippen LogP contribution >= 0.6 is 0 Å². The minimum Gasteiger partial charge on any atom is -0.369 e. The molecule has 2 N–H and O–H groups in total. The van der Waals surface area contributed by atoms with Gasteiger partial charge in [0, 0.05) is 25.5 Å². The fraction of sp³-hybridized carbons (Fsp3) is 0.600. The van der Waals surface area contributed by atoms with E-state index in [1.807, 2.05) is 23.0 Å². The van der Waals surface area contributed by atoms with E-state index in [1.165, 1.54) is 12.8 Å². The highest BCUT2D eigenvalue weighted by atomic mass is 15.1. The number of hydrogen-bond acceptors (Lipinski definition) is 4. The third-order valence-electron chi connectivity index (χ3n) is 4.46. The van der Waals surface area contributed by atoms with Crippen molar-refractivity contribution in [3.05, 3.63) is 18.6 Å². The standard InChI is InChI=1S/C15H23N5/c1-4-16-12-9-20-8-7-17-14(20)13(19-12)18-10-15(5-6-15)11(2)3/h7-9,11,16H,4-6,10H2,1-3H3,(H,18,19). The second-order valence-electron chi connectivity index (χ2n) is 6.03. The van der Waals surface area contributed by atoms with E-state index in [2.05, 4.69) is 41.4 Å². The van der Waals surface area contributed by atoms with Crippen LogP contribution in [0.15, 0.2) is 18.6 Å². The van der Waals surface area contributed by atoms with E-state index in [-0.39, 0.29) is 0 Å². The highest BCUT2D eigenvalue weighted by molar-refractivity contribution is 5.65. The largest absolute Gasteiger partial charge is 0.369 e. The Kier molecular flexibility index (Phi) is 3.28. The molecule has 5 nitrogen and oxygen atoms in total. The average Bonchev–Trinajstić information content (AvgIpc) is 3.07. The average molecular weight is 273 g/mol. The van der Waals surface area contributed by atoms with Gasteiger partial charge < -0.3 is 15.0 Å². The summed E-state index contributed by atoms with van der Waals surface area (Å²) in [6.07, 6.45) is 8.38. The highest BCUT2D eigenvalue weighted by Crippen LogP contribution is 2.51. The zero-order chi connectivity index (χ0) is 14.2. The van der Waals surface area contributed by atoms with Crippen LogP contribution in [0.1, 0.15) is 33.6 Å². The minimum atomic E-state index is 0.458. The van der Waals surface area contributed by atoms with Crippen LogP contribution in [0.3, 0.4) is 0 Å². The molecule has 0 radical (unpaired) electrons. The molecule has 5 heteroatoms. The number of rotatable bonds is 6. The molecule has 0 amide bonds. The molecule has 20 heavy (non-hydrogen) atoms. The summed E-state index contributed by atoms with van der Waals surface area (Å²) in [6, 6.07) is 0. The lowest BCUT2D eigenvalue weighted by Crippen LogP contribution is -2.22. The summed E-state index contributed by atoms with van der Waals surface area (Å²) in [6.45, 7) is 8.54. The zero-order valence-corrected chi connectivity index (χ0v) is 12.5. The first-order valence-electron chi connectivity index (χ1n) is 7.46. The van der Waals surface area contributed by atoms with Crippen molar-refractivity contribution in [2.75, 3.05) is 23.7 Å². The fourth-order valence-electron chi connectivity index (χ4n) is 2.70. The molecular weight excluding hydrogens is 250 g/mol. The summed E-state index contributed by atoms with van der Waals surface area (Å²) < 4.78 is 2.02.